The van der Waals surface area contributed by atoms with Crippen molar-refractivity contribution in [3.8, 4) is 21.1 Å². The highest BCUT2D eigenvalue weighted by molar-refractivity contribution is 7.16. The Labute approximate surface area is 199 Å². The average molecular weight is 495 g/mol. The molecule has 5 aromatic rings. The van der Waals surface area contributed by atoms with Crippen LogP contribution in [0.3, 0.4) is 0 Å². The van der Waals surface area contributed by atoms with Gasteiger partial charge in [0.1, 0.15) is 0 Å². The molecule has 1 aromatic carbocycles. The van der Waals surface area contributed by atoms with Gasteiger partial charge in [0, 0.05) is 21.9 Å². The molecule has 4 heterocycles. The normalized spacial score (nSPS) is 10.8. The first-order chi connectivity index (χ1) is 15.7. The molecule has 0 fully saturated rings. The van der Waals surface area contributed by atoms with Crippen molar-refractivity contribution in [2.24, 2.45) is 0 Å². The first-order valence-electron chi connectivity index (χ1n) is 9.37. The van der Waals surface area contributed by atoms with E-state index >= 15 is 0 Å². The van der Waals surface area contributed by atoms with Crippen LogP contribution in [0.1, 0.15) is 20.7 Å². The Balaban J connectivity index is 1.26. The van der Waals surface area contributed by atoms with Gasteiger partial charge < -0.3 is 0 Å². The van der Waals surface area contributed by atoms with Gasteiger partial charge in [-0.2, -0.15) is 0 Å². The summed E-state index contributed by atoms with van der Waals surface area (Å²) < 4.78 is 0. The molecule has 0 aliphatic heterocycles. The predicted octanol–water partition coefficient (Wildman–Crippen LogP) is 6.56. The average Bonchev–Trinajstić information content (AvgIpc) is 3.61. The second-order valence-corrected chi connectivity index (χ2v) is 10.1. The van der Waals surface area contributed by atoms with E-state index in [2.05, 4.69) is 20.6 Å². The number of carbonyl (C=O) groups is 2. The Hall–Kier alpha value is -3.18. The van der Waals surface area contributed by atoms with Crippen LogP contribution in [0.15, 0.2) is 70.1 Å². The van der Waals surface area contributed by atoms with Crippen molar-refractivity contribution in [1.82, 2.24) is 9.97 Å². The number of anilines is 2. The summed E-state index contributed by atoms with van der Waals surface area (Å²) in [6, 6.07) is 14.5. The molecule has 158 valence electrons. The van der Waals surface area contributed by atoms with E-state index in [0.29, 0.717) is 21.4 Å². The third-order valence-electron chi connectivity index (χ3n) is 4.38. The summed E-state index contributed by atoms with van der Waals surface area (Å²) in [4.78, 5) is 36.4. The molecule has 10 heteroatoms. The number of rotatable bonds is 6. The molecule has 0 saturated heterocycles. The molecule has 5 rings (SSSR count). The minimum atomic E-state index is -0.319. The summed E-state index contributed by atoms with van der Waals surface area (Å²) >= 11 is 5.91. The largest absolute Gasteiger partial charge is 0.298 e. The molecule has 0 radical (unpaired) electrons. The molecule has 32 heavy (non-hydrogen) atoms. The van der Waals surface area contributed by atoms with E-state index in [1.54, 1.807) is 46.9 Å². The summed E-state index contributed by atoms with van der Waals surface area (Å²) in [7, 11) is 0. The van der Waals surface area contributed by atoms with Crippen molar-refractivity contribution in [2.45, 2.75) is 0 Å². The van der Waals surface area contributed by atoms with Crippen molar-refractivity contribution >= 4 is 67.4 Å². The van der Waals surface area contributed by atoms with Gasteiger partial charge in [-0.05, 0) is 41.1 Å². The number of amides is 2. The number of hydrogen-bond donors (Lipinski definition) is 2. The summed E-state index contributed by atoms with van der Waals surface area (Å²) in [5, 5.41) is 14.4. The van der Waals surface area contributed by atoms with Crippen LogP contribution in [-0.4, -0.2) is 21.8 Å². The lowest BCUT2D eigenvalue weighted by molar-refractivity contribution is 0.102. The minimum Gasteiger partial charge on any atom is -0.298 e. The van der Waals surface area contributed by atoms with E-state index in [1.807, 2.05) is 45.8 Å². The Morgan fingerprint density at radius 2 is 1.16 bits per heavy atom. The maximum Gasteiger partial charge on any atom is 0.257 e. The SMILES string of the molecule is O=C(Nc1nc(-c2cccs2)cs1)c1cccc(C(=O)Nc2nc(-c3cccs3)cs2)c1. The maximum absolute atomic E-state index is 12.7. The molecule has 4 aromatic heterocycles. The van der Waals surface area contributed by atoms with Gasteiger partial charge in [0.2, 0.25) is 0 Å². The van der Waals surface area contributed by atoms with Gasteiger partial charge in [-0.25, -0.2) is 9.97 Å². The Morgan fingerprint density at radius 3 is 1.59 bits per heavy atom. The lowest BCUT2D eigenvalue weighted by Crippen LogP contribution is -2.15. The van der Waals surface area contributed by atoms with Crippen LogP contribution in [0.4, 0.5) is 10.3 Å². The minimum absolute atomic E-state index is 0.319. The number of thiophene rings is 2. The number of carbonyl (C=O) groups excluding carboxylic acids is 2. The van der Waals surface area contributed by atoms with Crippen LogP contribution in [0.25, 0.3) is 21.1 Å². The van der Waals surface area contributed by atoms with E-state index in [4.69, 9.17) is 0 Å². The number of hydrogen-bond acceptors (Lipinski definition) is 8. The van der Waals surface area contributed by atoms with E-state index < -0.39 is 0 Å². The molecule has 2 N–H and O–H groups in total. The van der Waals surface area contributed by atoms with Crippen LogP contribution in [-0.2, 0) is 0 Å². The molecule has 0 atom stereocenters. The number of aromatic nitrogens is 2. The summed E-state index contributed by atoms with van der Waals surface area (Å²) in [5.41, 5.74) is 2.42. The van der Waals surface area contributed by atoms with Gasteiger partial charge in [-0.3, -0.25) is 20.2 Å². The highest BCUT2D eigenvalue weighted by Crippen LogP contribution is 2.29. The Kier molecular flexibility index (Phi) is 5.91. The van der Waals surface area contributed by atoms with Crippen molar-refractivity contribution in [1.29, 1.82) is 0 Å². The van der Waals surface area contributed by atoms with E-state index in [-0.39, 0.29) is 11.8 Å². The van der Waals surface area contributed by atoms with Crippen molar-refractivity contribution < 1.29 is 9.59 Å². The lowest BCUT2D eigenvalue weighted by Gasteiger charge is -2.05. The Morgan fingerprint density at radius 1 is 0.656 bits per heavy atom. The fraction of sp³-hybridized carbons (Fsp3) is 0. The topological polar surface area (TPSA) is 84.0 Å². The van der Waals surface area contributed by atoms with E-state index in [9.17, 15) is 9.59 Å². The van der Waals surface area contributed by atoms with Gasteiger partial charge in [0.15, 0.2) is 10.3 Å². The molecule has 0 bridgehead atoms. The molecule has 0 aliphatic rings. The molecular weight excluding hydrogens is 481 g/mol. The highest BCUT2D eigenvalue weighted by atomic mass is 32.1. The fourth-order valence-electron chi connectivity index (χ4n) is 2.88. The van der Waals surface area contributed by atoms with Crippen LogP contribution in [0.2, 0.25) is 0 Å². The molecule has 2 amide bonds. The molecule has 0 aliphatic carbocycles. The van der Waals surface area contributed by atoms with Crippen molar-refractivity contribution in [3.63, 3.8) is 0 Å². The second-order valence-electron chi connectivity index (χ2n) is 6.52. The van der Waals surface area contributed by atoms with Crippen LogP contribution >= 0.6 is 45.3 Å². The van der Waals surface area contributed by atoms with Gasteiger partial charge in [-0.1, -0.05) is 18.2 Å². The first-order valence-corrected chi connectivity index (χ1v) is 12.9. The fourth-order valence-corrected chi connectivity index (χ4v) is 5.81. The zero-order valence-electron chi connectivity index (χ0n) is 16.3. The summed E-state index contributed by atoms with van der Waals surface area (Å²) in [6.07, 6.45) is 0. The first kappa shape index (κ1) is 20.7. The van der Waals surface area contributed by atoms with E-state index in [0.717, 1.165) is 21.1 Å². The van der Waals surface area contributed by atoms with Gasteiger partial charge in [0.25, 0.3) is 11.8 Å². The monoisotopic (exact) mass is 494 g/mol. The lowest BCUT2D eigenvalue weighted by atomic mass is 10.1. The zero-order valence-corrected chi connectivity index (χ0v) is 19.5. The number of benzene rings is 1. The smallest absolute Gasteiger partial charge is 0.257 e. The number of nitrogens with one attached hydrogen (secondary N) is 2. The van der Waals surface area contributed by atoms with Crippen LogP contribution in [0.5, 0.6) is 0 Å². The molecular formula is C22H14N4O2S4. The molecule has 6 nitrogen and oxygen atoms in total. The van der Waals surface area contributed by atoms with Gasteiger partial charge >= 0.3 is 0 Å². The van der Waals surface area contributed by atoms with Crippen molar-refractivity contribution in [3.05, 3.63) is 81.2 Å². The molecule has 0 unspecified atom stereocenters. The standard InChI is InChI=1S/C22H14N4O2S4/c27-19(25-21-23-15(11-31-21)17-6-2-8-29-17)13-4-1-5-14(10-13)20(28)26-22-24-16(12-32-22)18-7-3-9-30-18/h1-12H,(H,23,25,27)(H,24,26,28). The molecule has 0 spiro atoms. The second kappa shape index (κ2) is 9.13. The third-order valence-corrected chi connectivity index (χ3v) is 7.68. The molecule has 0 saturated carbocycles. The number of nitrogens with zero attached hydrogens (tertiary/aromatic N) is 2. The quantitative estimate of drug-likeness (QED) is 0.280. The van der Waals surface area contributed by atoms with Crippen LogP contribution in [0, 0.1) is 0 Å². The maximum atomic E-state index is 12.7. The highest BCUT2D eigenvalue weighted by Gasteiger charge is 2.15. The summed E-state index contributed by atoms with van der Waals surface area (Å²) in [6.45, 7) is 0. The summed E-state index contributed by atoms with van der Waals surface area (Å²) in [5.74, 6) is -0.637. The third kappa shape index (κ3) is 4.53. The number of thiazole rings is 2. The van der Waals surface area contributed by atoms with Crippen molar-refractivity contribution in [2.75, 3.05) is 10.6 Å². The predicted molar refractivity (Wildman–Crippen MR) is 133 cm³/mol. The van der Waals surface area contributed by atoms with Gasteiger partial charge in [0.05, 0.1) is 21.1 Å². The zero-order chi connectivity index (χ0) is 21.9. The van der Waals surface area contributed by atoms with Gasteiger partial charge in [-0.15, -0.1) is 45.3 Å². The Bertz CT molecular complexity index is 1270. The van der Waals surface area contributed by atoms with Crippen LogP contribution < -0.4 is 10.6 Å². The van der Waals surface area contributed by atoms with E-state index in [1.165, 1.54) is 22.7 Å².